The molecule has 0 bridgehead atoms. The minimum absolute atomic E-state index is 0.744. The average molecular weight is 328 g/mol. The quantitative estimate of drug-likeness (QED) is 0.865. The number of hydrogen-bond donors (Lipinski definition) is 0. The van der Waals surface area contributed by atoms with Gasteiger partial charge in [0.1, 0.15) is 12.1 Å². The van der Waals surface area contributed by atoms with E-state index in [-0.39, 0.29) is 0 Å². The minimum atomic E-state index is 0.744. The van der Waals surface area contributed by atoms with Gasteiger partial charge in [-0.3, -0.25) is 4.68 Å². The van der Waals surface area contributed by atoms with E-state index >= 15 is 0 Å². The van der Waals surface area contributed by atoms with Crippen molar-refractivity contribution < 1.29 is 0 Å². The molecule has 4 rings (SSSR count). The average Bonchev–Trinajstić information content (AvgIpc) is 2.99. The number of anilines is 1. The second-order valence-electron chi connectivity index (χ2n) is 7.64. The lowest BCUT2D eigenvalue weighted by atomic mass is 9.94. The van der Waals surface area contributed by atoms with Crippen molar-refractivity contribution >= 4 is 16.9 Å². The predicted molar refractivity (Wildman–Crippen MR) is 96.1 cm³/mol. The van der Waals surface area contributed by atoms with E-state index in [1.54, 1.807) is 6.33 Å². The van der Waals surface area contributed by atoms with Gasteiger partial charge in [0.25, 0.3) is 0 Å². The van der Waals surface area contributed by atoms with Gasteiger partial charge in [0, 0.05) is 26.7 Å². The summed E-state index contributed by atoms with van der Waals surface area (Å²) in [7, 11) is 1.94. The summed E-state index contributed by atoms with van der Waals surface area (Å²) >= 11 is 0. The molecule has 0 amide bonds. The first-order valence-electron chi connectivity index (χ1n) is 9.30. The number of piperidine rings is 2. The van der Waals surface area contributed by atoms with Crippen LogP contribution in [0.5, 0.6) is 0 Å². The fraction of sp³-hybridized carbons (Fsp3) is 0.722. The summed E-state index contributed by atoms with van der Waals surface area (Å²) < 4.78 is 1.83. The van der Waals surface area contributed by atoms with Crippen LogP contribution in [0, 0.1) is 11.8 Å². The molecule has 24 heavy (non-hydrogen) atoms. The number of fused-ring (bicyclic) bond motifs is 1. The first kappa shape index (κ1) is 15.8. The zero-order chi connectivity index (χ0) is 16.5. The highest BCUT2D eigenvalue weighted by Gasteiger charge is 2.26. The van der Waals surface area contributed by atoms with Gasteiger partial charge in [-0.15, -0.1) is 0 Å². The highest BCUT2D eigenvalue weighted by molar-refractivity contribution is 5.86. The van der Waals surface area contributed by atoms with Gasteiger partial charge in [-0.1, -0.05) is 6.92 Å². The van der Waals surface area contributed by atoms with Gasteiger partial charge in [-0.05, 0) is 50.6 Å². The van der Waals surface area contributed by atoms with Crippen LogP contribution in [-0.2, 0) is 7.05 Å². The first-order valence-corrected chi connectivity index (χ1v) is 9.30. The Hall–Kier alpha value is -1.69. The summed E-state index contributed by atoms with van der Waals surface area (Å²) in [6.45, 7) is 8.37. The molecule has 2 aliphatic heterocycles. The lowest BCUT2D eigenvalue weighted by molar-refractivity contribution is 0.159. The van der Waals surface area contributed by atoms with E-state index in [1.165, 1.54) is 45.3 Å². The summed E-state index contributed by atoms with van der Waals surface area (Å²) in [5, 5.41) is 5.43. The lowest BCUT2D eigenvalue weighted by Gasteiger charge is -2.38. The molecule has 2 saturated heterocycles. The molecule has 0 radical (unpaired) electrons. The van der Waals surface area contributed by atoms with Gasteiger partial charge < -0.3 is 9.80 Å². The third-order valence-electron chi connectivity index (χ3n) is 5.72. The van der Waals surface area contributed by atoms with Crippen molar-refractivity contribution in [1.82, 2.24) is 24.6 Å². The molecule has 0 aliphatic carbocycles. The molecule has 4 heterocycles. The molecule has 2 fully saturated rings. The van der Waals surface area contributed by atoms with E-state index in [2.05, 4.69) is 31.8 Å². The van der Waals surface area contributed by atoms with Crippen LogP contribution in [0.4, 0.5) is 5.82 Å². The zero-order valence-corrected chi connectivity index (χ0v) is 14.9. The molecular formula is C18H28N6. The number of hydrogen-bond acceptors (Lipinski definition) is 5. The van der Waals surface area contributed by atoms with Gasteiger partial charge in [-0.25, -0.2) is 9.97 Å². The number of aromatic nitrogens is 4. The van der Waals surface area contributed by atoms with E-state index in [0.29, 0.717) is 0 Å². The molecule has 2 aromatic heterocycles. The number of likely N-dealkylation sites (tertiary alicyclic amines) is 1. The van der Waals surface area contributed by atoms with Gasteiger partial charge >= 0.3 is 0 Å². The van der Waals surface area contributed by atoms with Crippen LogP contribution >= 0.6 is 0 Å². The van der Waals surface area contributed by atoms with Crippen LogP contribution in [0.2, 0.25) is 0 Å². The molecule has 0 spiro atoms. The molecule has 1 atom stereocenters. The van der Waals surface area contributed by atoms with Crippen LogP contribution < -0.4 is 4.90 Å². The monoisotopic (exact) mass is 328 g/mol. The summed E-state index contributed by atoms with van der Waals surface area (Å²) in [5.74, 6) is 2.71. The van der Waals surface area contributed by atoms with Gasteiger partial charge in [0.2, 0.25) is 0 Å². The Morgan fingerprint density at radius 2 is 1.96 bits per heavy atom. The second-order valence-corrected chi connectivity index (χ2v) is 7.64. The Kier molecular flexibility index (Phi) is 4.39. The Balaban J connectivity index is 1.46. The Morgan fingerprint density at radius 1 is 1.12 bits per heavy atom. The summed E-state index contributed by atoms with van der Waals surface area (Å²) in [6.07, 6.45) is 8.89. The van der Waals surface area contributed by atoms with Crippen LogP contribution in [-0.4, -0.2) is 57.4 Å². The lowest BCUT2D eigenvalue weighted by Crippen LogP contribution is -2.43. The van der Waals surface area contributed by atoms with Crippen molar-refractivity contribution in [2.45, 2.75) is 32.6 Å². The van der Waals surface area contributed by atoms with Crippen molar-refractivity contribution in [2.24, 2.45) is 18.9 Å². The van der Waals surface area contributed by atoms with Crippen molar-refractivity contribution in [1.29, 1.82) is 0 Å². The smallest absolute Gasteiger partial charge is 0.163 e. The highest BCUT2D eigenvalue weighted by atomic mass is 15.3. The van der Waals surface area contributed by atoms with E-state index in [0.717, 1.165) is 41.8 Å². The molecule has 6 nitrogen and oxygen atoms in total. The summed E-state index contributed by atoms with van der Waals surface area (Å²) in [5.41, 5.74) is 0.923. The molecule has 6 heteroatoms. The standard InChI is InChI=1S/C18H28N6/c1-14-5-8-23(9-6-14)11-15-4-3-7-24(12-15)18-16-10-21-22(2)17(16)19-13-20-18/h10,13-15H,3-9,11-12H2,1-2H3/t15-/m1/s1. The van der Waals surface area contributed by atoms with E-state index < -0.39 is 0 Å². The summed E-state index contributed by atoms with van der Waals surface area (Å²) in [6, 6.07) is 0. The fourth-order valence-electron chi connectivity index (χ4n) is 4.22. The van der Waals surface area contributed by atoms with Crippen LogP contribution in [0.1, 0.15) is 32.6 Å². The number of aryl methyl sites for hydroxylation is 1. The first-order chi connectivity index (χ1) is 11.7. The normalized spacial score (nSPS) is 23.9. The topological polar surface area (TPSA) is 50.1 Å². The van der Waals surface area contributed by atoms with E-state index in [1.807, 2.05) is 17.9 Å². The van der Waals surface area contributed by atoms with E-state index in [9.17, 15) is 0 Å². The van der Waals surface area contributed by atoms with Crippen molar-refractivity contribution in [3.8, 4) is 0 Å². The van der Waals surface area contributed by atoms with Crippen LogP contribution in [0.15, 0.2) is 12.5 Å². The highest BCUT2D eigenvalue weighted by Crippen LogP contribution is 2.28. The molecule has 2 aliphatic rings. The van der Waals surface area contributed by atoms with Crippen molar-refractivity contribution in [3.05, 3.63) is 12.5 Å². The second kappa shape index (κ2) is 6.67. The van der Waals surface area contributed by atoms with Gasteiger partial charge in [0.15, 0.2) is 5.65 Å². The van der Waals surface area contributed by atoms with Gasteiger partial charge in [0.05, 0.1) is 11.6 Å². The maximum atomic E-state index is 4.58. The van der Waals surface area contributed by atoms with Crippen molar-refractivity contribution in [3.63, 3.8) is 0 Å². The molecule has 0 unspecified atom stereocenters. The Labute approximate surface area is 143 Å². The molecule has 0 saturated carbocycles. The Bertz CT molecular complexity index is 688. The fourth-order valence-corrected chi connectivity index (χ4v) is 4.22. The maximum absolute atomic E-state index is 4.58. The third-order valence-corrected chi connectivity index (χ3v) is 5.72. The molecular weight excluding hydrogens is 300 g/mol. The minimum Gasteiger partial charge on any atom is -0.356 e. The zero-order valence-electron chi connectivity index (χ0n) is 14.9. The Morgan fingerprint density at radius 3 is 2.79 bits per heavy atom. The van der Waals surface area contributed by atoms with Crippen LogP contribution in [0.3, 0.4) is 0 Å². The summed E-state index contributed by atoms with van der Waals surface area (Å²) in [4.78, 5) is 14.1. The van der Waals surface area contributed by atoms with Gasteiger partial charge in [-0.2, -0.15) is 5.10 Å². The molecule has 0 aromatic carbocycles. The number of nitrogens with zero attached hydrogens (tertiary/aromatic N) is 6. The number of rotatable bonds is 3. The third kappa shape index (κ3) is 3.11. The predicted octanol–water partition coefficient (Wildman–Crippen LogP) is 2.31. The molecule has 2 aromatic rings. The SMILES string of the molecule is CC1CCN(C[C@H]2CCCN(c3ncnc4c3cnn4C)C2)CC1. The van der Waals surface area contributed by atoms with E-state index in [4.69, 9.17) is 0 Å². The van der Waals surface area contributed by atoms with Crippen LogP contribution in [0.25, 0.3) is 11.0 Å². The largest absolute Gasteiger partial charge is 0.356 e. The maximum Gasteiger partial charge on any atom is 0.163 e. The molecule has 130 valence electrons. The van der Waals surface area contributed by atoms with Crippen molar-refractivity contribution in [2.75, 3.05) is 37.6 Å². The molecule has 0 N–H and O–H groups in total.